The van der Waals surface area contributed by atoms with Gasteiger partial charge in [0.15, 0.2) is 5.78 Å². The van der Waals surface area contributed by atoms with Gasteiger partial charge in [-0.2, -0.15) is 5.48 Å². The molecule has 0 fully saturated rings. The van der Waals surface area contributed by atoms with Gasteiger partial charge in [-0.15, -0.1) is 4.33 Å². The fourth-order valence-corrected chi connectivity index (χ4v) is 1.01. The van der Waals surface area contributed by atoms with Crippen LogP contribution in [-0.2, 0) is 9.32 Å². The number of hydrogen-bond acceptors (Lipinski definition) is 5. The molecule has 0 bridgehead atoms. The first kappa shape index (κ1) is 11.7. The lowest BCUT2D eigenvalue weighted by atomic mass is 10.1. The predicted octanol–water partition coefficient (Wildman–Crippen LogP) is 1.33. The van der Waals surface area contributed by atoms with Crippen LogP contribution in [0.3, 0.4) is 0 Å². The van der Waals surface area contributed by atoms with Gasteiger partial charge in [-0.3, -0.25) is 9.59 Å². The highest BCUT2D eigenvalue weighted by atomic mass is 32.1. The topological polar surface area (TPSA) is 64.6 Å². The maximum atomic E-state index is 11.2. The number of thiol groups is 1. The van der Waals surface area contributed by atoms with Crippen molar-refractivity contribution >= 4 is 24.6 Å². The molecule has 1 N–H and O–H groups in total. The summed E-state index contributed by atoms with van der Waals surface area (Å²) >= 11 is 3.27. The Morgan fingerprint density at radius 1 is 1.20 bits per heavy atom. The molecule has 1 rings (SSSR count). The predicted molar refractivity (Wildman–Crippen MR) is 55.1 cm³/mol. The SMILES string of the molecule is CC(=O)c1ccc(C(=O)NOOS)cc1. The molecule has 0 saturated heterocycles. The van der Waals surface area contributed by atoms with Gasteiger partial charge in [0.2, 0.25) is 0 Å². The van der Waals surface area contributed by atoms with Gasteiger partial charge < -0.3 is 0 Å². The number of amides is 1. The number of hydroxylamine groups is 1. The highest BCUT2D eigenvalue weighted by Crippen LogP contribution is 2.05. The van der Waals surface area contributed by atoms with Gasteiger partial charge in [-0.1, -0.05) is 17.1 Å². The zero-order chi connectivity index (χ0) is 11.3. The molecule has 80 valence electrons. The Morgan fingerprint density at radius 2 is 1.73 bits per heavy atom. The van der Waals surface area contributed by atoms with Crippen LogP contribution >= 0.6 is 12.9 Å². The Labute approximate surface area is 91.9 Å². The van der Waals surface area contributed by atoms with Gasteiger partial charge in [-0.25, -0.2) is 0 Å². The maximum Gasteiger partial charge on any atom is 0.277 e. The largest absolute Gasteiger partial charge is 0.295 e. The summed E-state index contributed by atoms with van der Waals surface area (Å²) in [7, 11) is 0. The molecule has 0 unspecified atom stereocenters. The van der Waals surface area contributed by atoms with E-state index in [4.69, 9.17) is 0 Å². The van der Waals surface area contributed by atoms with E-state index in [1.54, 1.807) is 12.1 Å². The molecule has 0 saturated carbocycles. The summed E-state index contributed by atoms with van der Waals surface area (Å²) in [6.07, 6.45) is 0. The minimum absolute atomic E-state index is 0.0584. The molecule has 1 aromatic rings. The normalized spacial score (nSPS) is 9.73. The number of benzene rings is 1. The van der Waals surface area contributed by atoms with Gasteiger partial charge in [0.1, 0.15) is 0 Å². The third kappa shape index (κ3) is 3.35. The number of rotatable bonds is 4. The standard InChI is InChI=1S/C9H9NO4S/c1-6(11)7-2-4-8(5-3-7)9(12)10-13-14-15/h2-5,15H,1H3,(H,10,12). The van der Waals surface area contributed by atoms with Gasteiger partial charge in [0.25, 0.3) is 5.91 Å². The average Bonchev–Trinajstić information content (AvgIpc) is 2.26. The van der Waals surface area contributed by atoms with Crippen LogP contribution in [0.5, 0.6) is 0 Å². The van der Waals surface area contributed by atoms with Crippen molar-refractivity contribution < 1.29 is 18.9 Å². The van der Waals surface area contributed by atoms with E-state index in [1.165, 1.54) is 19.1 Å². The summed E-state index contributed by atoms with van der Waals surface area (Å²) in [5, 5.41) is 0. The van der Waals surface area contributed by atoms with Gasteiger partial charge >= 0.3 is 0 Å². The highest BCUT2D eigenvalue weighted by Gasteiger charge is 2.06. The molecule has 0 aromatic heterocycles. The lowest BCUT2D eigenvalue weighted by Crippen LogP contribution is -2.22. The molecule has 0 aliphatic rings. The van der Waals surface area contributed by atoms with Gasteiger partial charge in [0, 0.05) is 24.0 Å². The molecule has 0 aliphatic heterocycles. The van der Waals surface area contributed by atoms with Crippen molar-refractivity contribution in [3.05, 3.63) is 35.4 Å². The monoisotopic (exact) mass is 227 g/mol. The van der Waals surface area contributed by atoms with E-state index in [0.29, 0.717) is 11.1 Å². The van der Waals surface area contributed by atoms with Crippen LogP contribution in [0.25, 0.3) is 0 Å². The number of Topliss-reactive ketones (excluding diaryl/α,β-unsaturated/α-hetero) is 1. The van der Waals surface area contributed by atoms with E-state index in [-0.39, 0.29) is 5.78 Å². The summed E-state index contributed by atoms with van der Waals surface area (Å²) in [6.45, 7) is 1.45. The van der Waals surface area contributed by atoms with Crippen LogP contribution < -0.4 is 5.48 Å². The van der Waals surface area contributed by atoms with Crippen LogP contribution in [0, 0.1) is 0 Å². The van der Waals surface area contributed by atoms with E-state index in [2.05, 4.69) is 22.2 Å². The van der Waals surface area contributed by atoms with Crippen LogP contribution in [0.15, 0.2) is 24.3 Å². The molecule has 1 amide bonds. The third-order valence-corrected chi connectivity index (χ3v) is 1.80. The molecule has 1 aromatic carbocycles. The third-order valence-electron chi connectivity index (χ3n) is 1.73. The smallest absolute Gasteiger partial charge is 0.277 e. The second kappa shape index (κ2) is 5.50. The van der Waals surface area contributed by atoms with E-state index < -0.39 is 5.91 Å². The van der Waals surface area contributed by atoms with Crippen molar-refractivity contribution in [1.82, 2.24) is 5.48 Å². The summed E-state index contributed by atoms with van der Waals surface area (Å²) in [5.74, 6) is -0.545. The van der Waals surface area contributed by atoms with Crippen molar-refractivity contribution in [3.63, 3.8) is 0 Å². The molecule has 0 spiro atoms. The first-order chi connectivity index (χ1) is 7.15. The van der Waals surface area contributed by atoms with Gasteiger partial charge in [0.05, 0.1) is 0 Å². The molecule has 6 heteroatoms. The van der Waals surface area contributed by atoms with Gasteiger partial charge in [-0.05, 0) is 19.1 Å². The minimum atomic E-state index is -0.487. The van der Waals surface area contributed by atoms with Crippen LogP contribution in [0.4, 0.5) is 0 Å². The van der Waals surface area contributed by atoms with E-state index in [9.17, 15) is 9.59 Å². The van der Waals surface area contributed by atoms with Crippen LogP contribution in [0.2, 0.25) is 0 Å². The molecule has 0 radical (unpaired) electrons. The van der Waals surface area contributed by atoms with Crippen molar-refractivity contribution in [2.75, 3.05) is 0 Å². The molecule has 0 atom stereocenters. The summed E-state index contributed by atoms with van der Waals surface area (Å²) in [6, 6.07) is 6.12. The number of nitrogens with one attached hydrogen (secondary N) is 1. The van der Waals surface area contributed by atoms with Crippen molar-refractivity contribution in [3.8, 4) is 0 Å². The maximum absolute atomic E-state index is 11.2. The fourth-order valence-electron chi connectivity index (χ4n) is 0.972. The van der Waals surface area contributed by atoms with Crippen molar-refractivity contribution in [2.24, 2.45) is 0 Å². The number of hydrogen-bond donors (Lipinski definition) is 2. The second-order valence-electron chi connectivity index (χ2n) is 2.72. The van der Waals surface area contributed by atoms with E-state index in [1.807, 2.05) is 5.48 Å². The van der Waals surface area contributed by atoms with Crippen LogP contribution in [-0.4, -0.2) is 11.7 Å². The molecule has 5 nitrogen and oxygen atoms in total. The Balaban J connectivity index is 2.71. The lowest BCUT2D eigenvalue weighted by Gasteiger charge is -2.02. The Hall–Kier alpha value is -1.37. The molecular formula is C9H9NO4S. The molecule has 0 aliphatic carbocycles. The Morgan fingerprint density at radius 3 is 2.20 bits per heavy atom. The number of carbonyl (C=O) groups excluding carboxylic acids is 2. The van der Waals surface area contributed by atoms with Crippen LogP contribution in [0.1, 0.15) is 27.6 Å². The van der Waals surface area contributed by atoms with Crippen molar-refractivity contribution in [1.29, 1.82) is 0 Å². The minimum Gasteiger partial charge on any atom is -0.295 e. The molecule has 15 heavy (non-hydrogen) atoms. The quantitative estimate of drug-likeness (QED) is 0.268. The van der Waals surface area contributed by atoms with Crippen molar-refractivity contribution in [2.45, 2.75) is 6.92 Å². The zero-order valence-corrected chi connectivity index (χ0v) is 8.78. The fraction of sp³-hybridized carbons (Fsp3) is 0.111. The molecular weight excluding hydrogens is 218 g/mol. The second-order valence-corrected chi connectivity index (χ2v) is 2.87. The number of ketones is 1. The number of carbonyl (C=O) groups is 2. The first-order valence-corrected chi connectivity index (χ1v) is 4.40. The lowest BCUT2D eigenvalue weighted by molar-refractivity contribution is -0.227. The summed E-state index contributed by atoms with van der Waals surface area (Å²) < 4.78 is 3.90. The van der Waals surface area contributed by atoms with E-state index in [0.717, 1.165) is 0 Å². The average molecular weight is 227 g/mol. The highest BCUT2D eigenvalue weighted by molar-refractivity contribution is 7.74. The van der Waals surface area contributed by atoms with E-state index >= 15 is 0 Å². The summed E-state index contributed by atoms with van der Waals surface area (Å²) in [4.78, 5) is 26.3. The Kier molecular flexibility index (Phi) is 4.29. The molecule has 0 heterocycles. The zero-order valence-electron chi connectivity index (χ0n) is 7.89. The summed E-state index contributed by atoms with van der Waals surface area (Å²) in [5.41, 5.74) is 2.87. The Bertz CT molecular complexity index is 363. The first-order valence-electron chi connectivity index (χ1n) is 4.03.